The van der Waals surface area contributed by atoms with Gasteiger partial charge in [-0.15, -0.1) is 0 Å². The molecule has 0 spiro atoms. The molecule has 0 aliphatic rings. The molecule has 50 heavy (non-hydrogen) atoms. The van der Waals surface area contributed by atoms with Crippen LogP contribution in [0.25, 0.3) is 89.1 Å². The van der Waals surface area contributed by atoms with Crippen LogP contribution in [0.3, 0.4) is 0 Å². The lowest BCUT2D eigenvalue weighted by Gasteiger charge is -2.13. The second-order valence-electron chi connectivity index (χ2n) is 12.5. The second-order valence-corrected chi connectivity index (χ2v) is 12.5. The molecule has 0 unspecified atom stereocenters. The van der Waals surface area contributed by atoms with E-state index in [-0.39, 0.29) is 0 Å². The number of rotatable bonds is 6. The molecule has 0 aliphatic heterocycles. The maximum atomic E-state index is 5.17. The van der Waals surface area contributed by atoms with E-state index in [1.165, 1.54) is 27.3 Å². The first-order valence-corrected chi connectivity index (χ1v) is 16.8. The molecule has 1 aromatic heterocycles. The Morgan fingerprint density at radius 1 is 0.200 bits per heavy atom. The minimum absolute atomic E-state index is 0.633. The summed E-state index contributed by atoms with van der Waals surface area (Å²) in [4.78, 5) is 15.3. The van der Waals surface area contributed by atoms with Crippen LogP contribution in [-0.2, 0) is 0 Å². The van der Waals surface area contributed by atoms with Crippen molar-refractivity contribution in [1.29, 1.82) is 0 Å². The smallest absolute Gasteiger partial charge is 0.164 e. The van der Waals surface area contributed by atoms with E-state index in [9.17, 15) is 0 Å². The molecule has 3 heteroatoms. The Morgan fingerprint density at radius 2 is 0.580 bits per heavy atom. The Balaban J connectivity index is 1.20. The van der Waals surface area contributed by atoms with Gasteiger partial charge in [0.25, 0.3) is 0 Å². The van der Waals surface area contributed by atoms with Gasteiger partial charge in [0.05, 0.1) is 0 Å². The maximum Gasteiger partial charge on any atom is 0.164 e. The summed E-state index contributed by atoms with van der Waals surface area (Å²) >= 11 is 0. The van der Waals surface area contributed by atoms with Crippen LogP contribution in [0.4, 0.5) is 0 Å². The standard InChI is InChI=1S/C47H31N3/c1-4-12-32(13-5-1)42-29-43(33-14-6-2-7-15-33)31-44(30-42)47-49-45(36-17-8-3-9-18-36)48-46(50-47)40-25-22-35-21-24-39(27-41(35)28-40)38-23-20-34-16-10-11-19-37(34)26-38/h1-31H. The third-order valence-electron chi connectivity index (χ3n) is 9.25. The topological polar surface area (TPSA) is 38.7 Å². The number of fused-ring (bicyclic) bond motifs is 2. The van der Waals surface area contributed by atoms with E-state index < -0.39 is 0 Å². The molecule has 9 rings (SSSR count). The zero-order valence-corrected chi connectivity index (χ0v) is 27.2. The fourth-order valence-corrected chi connectivity index (χ4v) is 6.64. The van der Waals surface area contributed by atoms with Crippen molar-refractivity contribution in [2.24, 2.45) is 0 Å². The van der Waals surface area contributed by atoms with Crippen molar-refractivity contribution in [3.63, 3.8) is 0 Å². The minimum atomic E-state index is 0.633. The molecule has 0 bridgehead atoms. The lowest BCUT2D eigenvalue weighted by atomic mass is 9.95. The summed E-state index contributed by atoms with van der Waals surface area (Å²) in [5, 5.41) is 4.77. The maximum absolute atomic E-state index is 5.17. The molecule has 0 fully saturated rings. The molecule has 0 saturated heterocycles. The number of aromatic nitrogens is 3. The lowest BCUT2D eigenvalue weighted by Crippen LogP contribution is -2.00. The van der Waals surface area contributed by atoms with E-state index in [0.29, 0.717) is 17.5 Å². The first-order valence-electron chi connectivity index (χ1n) is 16.8. The molecular formula is C47H31N3. The number of benzene rings is 8. The van der Waals surface area contributed by atoms with E-state index in [0.717, 1.165) is 44.3 Å². The van der Waals surface area contributed by atoms with Gasteiger partial charge in [-0.05, 0) is 91.3 Å². The van der Waals surface area contributed by atoms with Gasteiger partial charge in [-0.3, -0.25) is 0 Å². The van der Waals surface area contributed by atoms with Crippen LogP contribution >= 0.6 is 0 Å². The first-order chi connectivity index (χ1) is 24.7. The molecule has 0 aliphatic carbocycles. The van der Waals surface area contributed by atoms with Gasteiger partial charge in [-0.2, -0.15) is 0 Å². The van der Waals surface area contributed by atoms with Crippen molar-refractivity contribution in [1.82, 2.24) is 15.0 Å². The largest absolute Gasteiger partial charge is 0.208 e. The number of hydrogen-bond acceptors (Lipinski definition) is 3. The number of hydrogen-bond donors (Lipinski definition) is 0. The SMILES string of the molecule is c1ccc(-c2cc(-c3ccccc3)cc(-c3nc(-c4ccccc4)nc(-c4ccc5ccc(-c6ccc7ccccc7c6)cc5c4)n3)c2)cc1. The van der Waals surface area contributed by atoms with E-state index in [1.54, 1.807) is 0 Å². The molecule has 0 atom stereocenters. The number of nitrogens with zero attached hydrogens (tertiary/aromatic N) is 3. The average Bonchev–Trinajstić information content (AvgIpc) is 3.21. The minimum Gasteiger partial charge on any atom is -0.208 e. The fourth-order valence-electron chi connectivity index (χ4n) is 6.64. The average molecular weight is 638 g/mol. The van der Waals surface area contributed by atoms with Crippen molar-refractivity contribution >= 4 is 21.5 Å². The van der Waals surface area contributed by atoms with Gasteiger partial charge in [0.1, 0.15) is 0 Å². The zero-order valence-electron chi connectivity index (χ0n) is 27.2. The predicted molar refractivity (Wildman–Crippen MR) is 207 cm³/mol. The summed E-state index contributed by atoms with van der Waals surface area (Å²) in [6.45, 7) is 0. The highest BCUT2D eigenvalue weighted by atomic mass is 15.0. The molecule has 8 aromatic carbocycles. The molecule has 0 saturated carbocycles. The summed E-state index contributed by atoms with van der Waals surface area (Å²) in [7, 11) is 0. The van der Waals surface area contributed by atoms with Crippen molar-refractivity contribution in [2.45, 2.75) is 0 Å². The van der Waals surface area contributed by atoms with Crippen LogP contribution in [0.5, 0.6) is 0 Å². The van der Waals surface area contributed by atoms with Crippen LogP contribution in [0, 0.1) is 0 Å². The van der Waals surface area contributed by atoms with E-state index in [2.05, 4.69) is 158 Å². The molecule has 0 N–H and O–H groups in total. The highest BCUT2D eigenvalue weighted by molar-refractivity contribution is 5.93. The Labute approximate surface area is 291 Å². The van der Waals surface area contributed by atoms with Crippen molar-refractivity contribution < 1.29 is 0 Å². The van der Waals surface area contributed by atoms with E-state index in [4.69, 9.17) is 15.0 Å². The quantitative estimate of drug-likeness (QED) is 0.182. The van der Waals surface area contributed by atoms with Crippen LogP contribution in [0.15, 0.2) is 188 Å². The molecule has 0 amide bonds. The van der Waals surface area contributed by atoms with Gasteiger partial charge >= 0.3 is 0 Å². The molecule has 234 valence electrons. The van der Waals surface area contributed by atoms with Crippen LogP contribution in [0.2, 0.25) is 0 Å². The van der Waals surface area contributed by atoms with Crippen LogP contribution in [-0.4, -0.2) is 15.0 Å². The Morgan fingerprint density at radius 3 is 1.16 bits per heavy atom. The van der Waals surface area contributed by atoms with Gasteiger partial charge in [-0.25, -0.2) is 15.0 Å². The van der Waals surface area contributed by atoms with Gasteiger partial charge in [0, 0.05) is 16.7 Å². The molecular weight excluding hydrogens is 607 g/mol. The van der Waals surface area contributed by atoms with Gasteiger partial charge in [0.2, 0.25) is 0 Å². The summed E-state index contributed by atoms with van der Waals surface area (Å²) in [5.41, 5.74) is 9.68. The Hall–Kier alpha value is -6.71. The van der Waals surface area contributed by atoms with Crippen LogP contribution in [0.1, 0.15) is 0 Å². The van der Waals surface area contributed by atoms with Crippen molar-refractivity contribution in [3.05, 3.63) is 188 Å². The second kappa shape index (κ2) is 12.7. The van der Waals surface area contributed by atoms with Crippen molar-refractivity contribution in [3.8, 4) is 67.5 Å². The fraction of sp³-hybridized carbons (Fsp3) is 0. The first kappa shape index (κ1) is 29.4. The molecule has 0 radical (unpaired) electrons. The summed E-state index contributed by atoms with van der Waals surface area (Å²) in [6, 6.07) is 66.0. The summed E-state index contributed by atoms with van der Waals surface area (Å²) in [6.07, 6.45) is 0. The van der Waals surface area contributed by atoms with Gasteiger partial charge < -0.3 is 0 Å². The van der Waals surface area contributed by atoms with Crippen LogP contribution < -0.4 is 0 Å². The molecule has 1 heterocycles. The van der Waals surface area contributed by atoms with Crippen molar-refractivity contribution in [2.75, 3.05) is 0 Å². The molecule has 9 aromatic rings. The summed E-state index contributed by atoms with van der Waals surface area (Å²) < 4.78 is 0. The lowest BCUT2D eigenvalue weighted by molar-refractivity contribution is 1.07. The van der Waals surface area contributed by atoms with E-state index >= 15 is 0 Å². The highest BCUT2D eigenvalue weighted by Gasteiger charge is 2.15. The molecule has 3 nitrogen and oxygen atoms in total. The monoisotopic (exact) mass is 637 g/mol. The normalized spacial score (nSPS) is 11.2. The Bertz CT molecular complexity index is 2570. The third-order valence-corrected chi connectivity index (χ3v) is 9.25. The Kier molecular flexibility index (Phi) is 7.49. The zero-order chi connectivity index (χ0) is 33.3. The van der Waals surface area contributed by atoms with E-state index in [1.807, 2.05) is 30.3 Å². The van der Waals surface area contributed by atoms with Gasteiger partial charge in [0.15, 0.2) is 17.5 Å². The summed E-state index contributed by atoms with van der Waals surface area (Å²) in [5.74, 6) is 1.91. The van der Waals surface area contributed by atoms with Gasteiger partial charge in [-0.1, -0.05) is 152 Å². The highest BCUT2D eigenvalue weighted by Crippen LogP contribution is 2.34. The third kappa shape index (κ3) is 5.82. The predicted octanol–water partition coefficient (Wildman–Crippen LogP) is 12.2.